The molecule has 1 aliphatic heterocycles. The zero-order valence-electron chi connectivity index (χ0n) is 37.0. The molecule has 5 amide bonds. The average Bonchev–Trinajstić information content (AvgIpc) is 3.27. The minimum absolute atomic E-state index is 0.000174. The summed E-state index contributed by atoms with van der Waals surface area (Å²) in [7, 11) is 1.38. The van der Waals surface area contributed by atoms with Gasteiger partial charge in [0.2, 0.25) is 23.6 Å². The van der Waals surface area contributed by atoms with E-state index in [1.165, 1.54) is 20.2 Å². The van der Waals surface area contributed by atoms with Crippen molar-refractivity contribution in [1.82, 2.24) is 36.1 Å². The highest BCUT2D eigenvalue weighted by atomic mass is 16.5. The standard InChI is InChI=1S/C46H57N11O7/c1-26-34(25-52-40(53-26)29-8-11-31(12-9-29)46(3,4)5)42(59)56-36(24-50)45(62)57(6)39-30-10-14-38(64-20-17-49)33(23-30)32-21-28(7-13-37(32)63-19-16-48)22-35(43(60)51-18-15-47)55-41(58)27(2)54-44(39)61/h7-14,21,23,25,27,35-36,39H,16-20,22,24,48-50H2,1-6H3,(H,51,60)(H,54,61)(H,55,58)(H,56,59)/t27-,35-,36?,39-/m0/s1. The first-order valence-corrected chi connectivity index (χ1v) is 20.9. The number of benzene rings is 3. The SMILES string of the molecule is Cc1nc(-c2ccc(C(C)(C)C)cc2)ncc1C(=O)NC(CN)C(=O)N(C)[C@@H]1C(=O)N[C@@H](C)C(=O)N[C@H](C(=O)NCC#N)Cc2ccc(OCCN)c(c2)-c2cc1ccc2OCCN. The number of nitriles is 1. The van der Waals surface area contributed by atoms with Crippen LogP contribution in [0, 0.1) is 18.3 Å². The maximum Gasteiger partial charge on any atom is 0.255 e. The van der Waals surface area contributed by atoms with Crippen LogP contribution in [0.4, 0.5) is 0 Å². The van der Waals surface area contributed by atoms with Gasteiger partial charge >= 0.3 is 0 Å². The van der Waals surface area contributed by atoms with Crippen LogP contribution in [0.3, 0.4) is 0 Å². The molecule has 0 saturated heterocycles. The first-order valence-electron chi connectivity index (χ1n) is 20.9. The molecule has 338 valence electrons. The van der Waals surface area contributed by atoms with E-state index in [0.717, 1.165) is 16.0 Å². The van der Waals surface area contributed by atoms with E-state index in [2.05, 4.69) is 52.0 Å². The summed E-state index contributed by atoms with van der Waals surface area (Å²) >= 11 is 0. The number of hydrogen-bond donors (Lipinski definition) is 7. The quantitative estimate of drug-likeness (QED) is 0.0887. The molecule has 2 heterocycles. The van der Waals surface area contributed by atoms with Crippen LogP contribution in [0.2, 0.25) is 0 Å². The molecule has 1 aliphatic rings. The molecule has 1 aromatic heterocycles. The van der Waals surface area contributed by atoms with Crippen molar-refractivity contribution in [2.45, 2.75) is 70.6 Å². The highest BCUT2D eigenvalue weighted by Crippen LogP contribution is 2.40. The minimum atomic E-state index is -1.42. The van der Waals surface area contributed by atoms with E-state index >= 15 is 0 Å². The highest BCUT2D eigenvalue weighted by molar-refractivity contribution is 6.00. The van der Waals surface area contributed by atoms with Crippen LogP contribution in [-0.2, 0) is 31.0 Å². The monoisotopic (exact) mass is 875 g/mol. The molecular weight excluding hydrogens is 819 g/mol. The van der Waals surface area contributed by atoms with E-state index in [4.69, 9.17) is 31.9 Å². The smallest absolute Gasteiger partial charge is 0.255 e. The number of carbonyl (C=O) groups is 5. The van der Waals surface area contributed by atoms with Gasteiger partial charge in [-0.05, 0) is 60.2 Å². The van der Waals surface area contributed by atoms with Crippen molar-refractivity contribution >= 4 is 29.5 Å². The summed E-state index contributed by atoms with van der Waals surface area (Å²) in [5.41, 5.74) is 22.0. The van der Waals surface area contributed by atoms with Crippen molar-refractivity contribution in [3.05, 3.63) is 94.8 Å². The number of aryl methyl sites for hydroxylation is 1. The third-order valence-corrected chi connectivity index (χ3v) is 10.6. The third kappa shape index (κ3) is 11.5. The van der Waals surface area contributed by atoms with E-state index in [1.54, 1.807) is 43.3 Å². The molecule has 10 N–H and O–H groups in total. The van der Waals surface area contributed by atoms with Gasteiger partial charge in [0.25, 0.3) is 5.91 Å². The molecule has 3 aromatic carbocycles. The number of nitrogens with one attached hydrogen (secondary N) is 4. The topological polar surface area (TPSA) is 283 Å². The number of likely N-dealkylation sites (N-methyl/N-ethyl adjacent to an activating group) is 1. The number of fused-ring (bicyclic) bond motifs is 5. The summed E-state index contributed by atoms with van der Waals surface area (Å²) in [6.07, 6.45) is 1.39. The maximum atomic E-state index is 14.5. The van der Waals surface area contributed by atoms with E-state index < -0.39 is 53.7 Å². The maximum absolute atomic E-state index is 14.5. The summed E-state index contributed by atoms with van der Waals surface area (Å²) < 4.78 is 12.1. The molecule has 0 radical (unpaired) electrons. The number of hydrogen-bond acceptors (Lipinski definition) is 13. The van der Waals surface area contributed by atoms with E-state index in [0.29, 0.717) is 45.3 Å². The Morgan fingerprint density at radius 2 is 1.58 bits per heavy atom. The molecule has 0 aliphatic carbocycles. The van der Waals surface area contributed by atoms with Gasteiger partial charge in [0.15, 0.2) is 5.82 Å². The van der Waals surface area contributed by atoms with E-state index in [1.807, 2.05) is 30.3 Å². The van der Waals surface area contributed by atoms with Crippen LogP contribution in [0.15, 0.2) is 66.9 Å². The highest BCUT2D eigenvalue weighted by Gasteiger charge is 2.36. The Balaban J connectivity index is 1.54. The first-order chi connectivity index (χ1) is 30.5. The molecule has 0 spiro atoms. The summed E-state index contributed by atoms with van der Waals surface area (Å²) in [5.74, 6) is -2.31. The second-order valence-electron chi connectivity index (χ2n) is 16.4. The fourth-order valence-corrected chi connectivity index (χ4v) is 7.11. The van der Waals surface area contributed by atoms with Gasteiger partial charge in [0.05, 0.1) is 17.3 Å². The zero-order valence-corrected chi connectivity index (χ0v) is 37.0. The molecular formula is C46H57N11O7. The molecule has 5 rings (SSSR count). The van der Waals surface area contributed by atoms with Crippen molar-refractivity contribution in [3.63, 3.8) is 0 Å². The second-order valence-corrected chi connectivity index (χ2v) is 16.4. The van der Waals surface area contributed by atoms with E-state index in [9.17, 15) is 24.0 Å². The Kier molecular flexibility index (Phi) is 16.1. The molecule has 0 fully saturated rings. The molecule has 4 aromatic rings. The number of amides is 5. The van der Waals surface area contributed by atoms with Crippen LogP contribution < -0.4 is 47.9 Å². The van der Waals surface area contributed by atoms with Crippen molar-refractivity contribution in [1.29, 1.82) is 5.26 Å². The lowest BCUT2D eigenvalue weighted by Gasteiger charge is -2.32. The van der Waals surface area contributed by atoms with Crippen LogP contribution in [0.1, 0.15) is 66.5 Å². The van der Waals surface area contributed by atoms with Crippen molar-refractivity contribution in [2.75, 3.05) is 46.4 Å². The Labute approximate surface area is 372 Å². The van der Waals surface area contributed by atoms with Gasteiger partial charge in [-0.1, -0.05) is 57.2 Å². The summed E-state index contributed by atoms with van der Waals surface area (Å²) in [6, 6.07) is 14.7. The number of carbonyl (C=O) groups excluding carboxylic acids is 5. The lowest BCUT2D eigenvalue weighted by Crippen LogP contribution is -2.56. The summed E-state index contributed by atoms with van der Waals surface area (Å²) in [5, 5.41) is 19.7. The third-order valence-electron chi connectivity index (χ3n) is 10.6. The molecule has 18 nitrogen and oxygen atoms in total. The fourth-order valence-electron chi connectivity index (χ4n) is 7.11. The normalized spacial score (nSPS) is 16.8. The van der Waals surface area contributed by atoms with Crippen LogP contribution >= 0.6 is 0 Å². The van der Waals surface area contributed by atoms with Crippen LogP contribution in [0.25, 0.3) is 22.5 Å². The average molecular weight is 876 g/mol. The van der Waals surface area contributed by atoms with Crippen molar-refractivity contribution in [2.24, 2.45) is 17.2 Å². The predicted molar refractivity (Wildman–Crippen MR) is 240 cm³/mol. The molecule has 1 unspecified atom stereocenters. The molecule has 18 heteroatoms. The lowest BCUT2D eigenvalue weighted by molar-refractivity contribution is -0.141. The Morgan fingerprint density at radius 3 is 2.17 bits per heavy atom. The van der Waals surface area contributed by atoms with E-state index in [-0.39, 0.29) is 56.8 Å². The second kappa shape index (κ2) is 21.4. The van der Waals surface area contributed by atoms with Crippen molar-refractivity contribution in [3.8, 4) is 40.1 Å². The van der Waals surface area contributed by atoms with Crippen molar-refractivity contribution < 1.29 is 33.4 Å². The first kappa shape index (κ1) is 48.1. The van der Waals surface area contributed by atoms with Crippen LogP contribution in [0.5, 0.6) is 11.5 Å². The minimum Gasteiger partial charge on any atom is -0.492 e. The predicted octanol–water partition coefficient (Wildman–Crippen LogP) is 1.53. The van der Waals surface area contributed by atoms with Crippen LogP contribution in [-0.4, -0.2) is 109 Å². The number of rotatable bonds is 14. The molecule has 64 heavy (non-hydrogen) atoms. The molecule has 4 bridgehead atoms. The Hall–Kier alpha value is -6.94. The summed E-state index contributed by atoms with van der Waals surface area (Å²) in [4.78, 5) is 79.8. The van der Waals surface area contributed by atoms with Gasteiger partial charge in [-0.3, -0.25) is 24.0 Å². The van der Waals surface area contributed by atoms with Gasteiger partial charge in [-0.15, -0.1) is 0 Å². The van der Waals surface area contributed by atoms with Gasteiger partial charge in [0, 0.05) is 56.0 Å². The van der Waals surface area contributed by atoms with Gasteiger partial charge < -0.3 is 52.8 Å². The number of nitrogens with two attached hydrogens (primary N) is 3. The fraction of sp³-hybridized carbons (Fsp3) is 0.391. The Bertz CT molecular complexity index is 2390. The summed E-state index contributed by atoms with van der Waals surface area (Å²) in [6.45, 7) is 9.46. The largest absolute Gasteiger partial charge is 0.492 e. The van der Waals surface area contributed by atoms with Gasteiger partial charge in [0.1, 0.15) is 55.4 Å². The van der Waals surface area contributed by atoms with Gasteiger partial charge in [-0.25, -0.2) is 9.97 Å². The Morgan fingerprint density at radius 1 is 0.938 bits per heavy atom. The zero-order chi connectivity index (χ0) is 46.7. The number of aromatic nitrogens is 2. The number of nitrogens with zero attached hydrogens (tertiary/aromatic N) is 4. The number of ether oxygens (including phenoxy) is 2. The molecule has 4 atom stereocenters. The lowest BCUT2D eigenvalue weighted by atomic mass is 9.87. The molecule has 0 saturated carbocycles. The van der Waals surface area contributed by atoms with Gasteiger partial charge in [-0.2, -0.15) is 5.26 Å².